The van der Waals surface area contributed by atoms with Crippen molar-refractivity contribution in [3.8, 4) is 0 Å². The molecule has 0 spiro atoms. The largest absolute Gasteiger partial charge is 1.00 e. The molecule has 0 aliphatic carbocycles. The van der Waals surface area contributed by atoms with Crippen molar-refractivity contribution in [1.82, 2.24) is 0 Å². The quantitative estimate of drug-likeness (QED) is 0.199. The van der Waals surface area contributed by atoms with E-state index in [-0.39, 0.29) is 125 Å². The van der Waals surface area contributed by atoms with Gasteiger partial charge in [-0.25, -0.2) is 16.8 Å². The summed E-state index contributed by atoms with van der Waals surface area (Å²) in [5, 5.41) is 0. The first-order valence-corrected chi connectivity index (χ1v) is 4.10. The summed E-state index contributed by atoms with van der Waals surface area (Å²) in [5.74, 6) is 0. The summed E-state index contributed by atoms with van der Waals surface area (Å²) in [4.78, 5) is 0. The van der Waals surface area contributed by atoms with Crippen molar-refractivity contribution >= 4 is 20.8 Å². The Morgan fingerprint density at radius 3 is 0.417 bits per heavy atom. The maximum absolute atomic E-state index is 8.63. The summed E-state index contributed by atoms with van der Waals surface area (Å²) >= 11 is 0. The number of rotatable bonds is 0. The molecule has 0 radical (unpaired) electrons. The standard InChI is InChI=1S/2Na.2H2O4S.12H2O/c;;2*1-5(2,3)4;;;;;;;;;;;;/h;;2*(H2,1,2,3,4);12*1H2/q2*+1;;;;;;;;;;;;;;/p-2. The van der Waals surface area contributed by atoms with Crippen molar-refractivity contribution in [2.24, 2.45) is 0 Å². The summed E-state index contributed by atoms with van der Waals surface area (Å²) in [6.07, 6.45) is 0. The SMILES string of the molecule is O.O.O.O.O.O.O.O.O.O.O.O.O=S(=O)([O-])O.O=S(=O)([O-])O.[Na+].[Na+]. The van der Waals surface area contributed by atoms with E-state index in [1.165, 1.54) is 0 Å². The molecule has 0 saturated carbocycles. The first-order chi connectivity index (χ1) is 4.00. The van der Waals surface area contributed by atoms with E-state index in [1.807, 2.05) is 0 Å². The van der Waals surface area contributed by atoms with Gasteiger partial charge in [-0.2, -0.15) is 0 Å². The van der Waals surface area contributed by atoms with Crippen LogP contribution in [0.2, 0.25) is 0 Å². The Labute approximate surface area is 179 Å². The predicted molar refractivity (Wildman–Crippen MR) is 68.0 cm³/mol. The Morgan fingerprint density at radius 1 is 0.417 bits per heavy atom. The van der Waals surface area contributed by atoms with Gasteiger partial charge in [-0.15, -0.1) is 0 Å². The van der Waals surface area contributed by atoms with Crippen LogP contribution >= 0.6 is 0 Å². The molecular weight excluding hydrogens is 430 g/mol. The fourth-order valence-corrected chi connectivity index (χ4v) is 0. The summed E-state index contributed by atoms with van der Waals surface area (Å²) in [6, 6.07) is 0. The molecule has 20 nitrogen and oxygen atoms in total. The Kier molecular flexibility index (Phi) is 539. The van der Waals surface area contributed by atoms with E-state index < -0.39 is 20.8 Å². The second kappa shape index (κ2) is 74.6. The van der Waals surface area contributed by atoms with Gasteiger partial charge in [0.25, 0.3) is 0 Å². The van der Waals surface area contributed by atoms with Crippen LogP contribution in [0.4, 0.5) is 0 Å². The van der Waals surface area contributed by atoms with Crippen LogP contribution in [0, 0.1) is 0 Å². The number of hydrogen-bond acceptors (Lipinski definition) is 6. The average molecular weight is 456 g/mol. The molecule has 0 bridgehead atoms. The second-order valence-corrected chi connectivity index (χ2v) is 2.57. The van der Waals surface area contributed by atoms with Gasteiger partial charge >= 0.3 is 59.1 Å². The van der Waals surface area contributed by atoms with Crippen molar-refractivity contribution in [3.05, 3.63) is 0 Å². The van der Waals surface area contributed by atoms with Gasteiger partial charge in [0.1, 0.15) is 0 Å². The minimum atomic E-state index is -4.92. The van der Waals surface area contributed by atoms with E-state index in [0.717, 1.165) is 0 Å². The first kappa shape index (κ1) is 173. The molecule has 0 saturated heterocycles. The molecule has 24 heteroatoms. The van der Waals surface area contributed by atoms with Crippen LogP contribution in [0.1, 0.15) is 0 Å². The van der Waals surface area contributed by atoms with E-state index in [2.05, 4.69) is 0 Å². The molecule has 160 valence electrons. The van der Waals surface area contributed by atoms with Crippen LogP contribution in [0.5, 0.6) is 0 Å². The summed E-state index contributed by atoms with van der Waals surface area (Å²) in [5.41, 5.74) is 0. The maximum Gasteiger partial charge on any atom is 1.00 e. The molecule has 26 N–H and O–H groups in total. The zero-order valence-corrected chi connectivity index (χ0v) is 17.8. The van der Waals surface area contributed by atoms with E-state index in [1.54, 1.807) is 0 Å². The zero-order valence-electron chi connectivity index (χ0n) is 12.2. The van der Waals surface area contributed by atoms with Crippen LogP contribution < -0.4 is 59.1 Å². The van der Waals surface area contributed by atoms with Crippen LogP contribution in [0.25, 0.3) is 0 Å². The van der Waals surface area contributed by atoms with Gasteiger partial charge in [0.2, 0.25) is 20.8 Å². The molecule has 0 aromatic carbocycles. The van der Waals surface area contributed by atoms with Crippen molar-refractivity contribution in [2.45, 2.75) is 0 Å². The van der Waals surface area contributed by atoms with E-state index >= 15 is 0 Å². The Morgan fingerprint density at radius 2 is 0.417 bits per heavy atom. The van der Waals surface area contributed by atoms with Gasteiger partial charge in [-0.05, 0) is 0 Å². The summed E-state index contributed by atoms with van der Waals surface area (Å²) in [6.45, 7) is 0. The Bertz CT molecular complexity index is 216. The molecule has 0 aromatic rings. The van der Waals surface area contributed by atoms with E-state index in [4.69, 9.17) is 35.0 Å². The molecule has 24 heavy (non-hydrogen) atoms. The molecule has 0 rings (SSSR count). The second-order valence-electron chi connectivity index (χ2n) is 0.855. The molecule has 0 fully saturated rings. The molecule has 0 atom stereocenters. The van der Waals surface area contributed by atoms with E-state index in [0.29, 0.717) is 0 Å². The summed E-state index contributed by atoms with van der Waals surface area (Å²) in [7, 11) is -9.83. The molecule has 0 amide bonds. The molecule has 0 aromatic heterocycles. The monoisotopic (exact) mass is 456 g/mol. The number of hydrogen-bond donors (Lipinski definition) is 2. The van der Waals surface area contributed by atoms with Crippen molar-refractivity contribution in [1.29, 1.82) is 0 Å². The molecule has 0 unspecified atom stereocenters. The fourth-order valence-electron chi connectivity index (χ4n) is 0. The molecule has 0 aliphatic heterocycles. The predicted octanol–water partition coefficient (Wildman–Crippen LogP) is -17.9. The first-order valence-electron chi connectivity index (χ1n) is 1.37. The van der Waals surface area contributed by atoms with Gasteiger partial charge in [-0.1, -0.05) is 0 Å². The normalized spacial score (nSPS) is 4.83. The van der Waals surface area contributed by atoms with Crippen molar-refractivity contribution in [3.63, 3.8) is 0 Å². The van der Waals surface area contributed by atoms with Gasteiger partial charge in [0.05, 0.1) is 0 Å². The zero-order chi connectivity index (χ0) is 9.00. The van der Waals surface area contributed by atoms with Crippen LogP contribution in [0.15, 0.2) is 0 Å². The third kappa shape index (κ3) is 7260. The molecule has 0 aliphatic rings. The molecular formula is H26Na2O20S2. The van der Waals surface area contributed by atoms with Gasteiger partial charge in [-0.3, -0.25) is 9.11 Å². The van der Waals surface area contributed by atoms with Crippen molar-refractivity contribution < 1.29 is 160 Å². The van der Waals surface area contributed by atoms with Crippen LogP contribution in [-0.2, 0) is 20.8 Å². The van der Waals surface area contributed by atoms with Gasteiger partial charge in [0, 0.05) is 0 Å². The minimum Gasteiger partial charge on any atom is -0.726 e. The Balaban J connectivity index is -0.00000000241. The third-order valence-electron chi connectivity index (χ3n) is 0. The minimum absolute atomic E-state index is 0. The average Bonchev–Trinajstić information content (AvgIpc) is 1.12. The fraction of sp³-hybridized carbons (Fsp3) is 0. The molecule has 0 heterocycles. The smallest absolute Gasteiger partial charge is 0.726 e. The van der Waals surface area contributed by atoms with Gasteiger partial charge in [0.15, 0.2) is 0 Å². The third-order valence-corrected chi connectivity index (χ3v) is 0. The maximum atomic E-state index is 8.63. The van der Waals surface area contributed by atoms with Crippen LogP contribution in [0.3, 0.4) is 0 Å². The topological polar surface area (TPSA) is 533 Å². The summed E-state index contributed by atoms with van der Waals surface area (Å²) < 4.78 is 65.7. The van der Waals surface area contributed by atoms with Crippen LogP contribution in [-0.4, -0.2) is 101 Å². The van der Waals surface area contributed by atoms with Gasteiger partial charge < -0.3 is 74.8 Å². The van der Waals surface area contributed by atoms with Crippen molar-refractivity contribution in [2.75, 3.05) is 0 Å². The van der Waals surface area contributed by atoms with E-state index in [9.17, 15) is 0 Å². The Hall–Kier alpha value is 1.26.